The molecule has 0 aliphatic heterocycles. The number of hydrogen-bond donors (Lipinski definition) is 1. The van der Waals surface area contributed by atoms with Crippen molar-refractivity contribution >= 4 is 29.1 Å². The van der Waals surface area contributed by atoms with Gasteiger partial charge in [-0.2, -0.15) is 0 Å². The first-order valence-corrected chi connectivity index (χ1v) is 4.41. The van der Waals surface area contributed by atoms with Gasteiger partial charge in [-0.3, -0.25) is 25.0 Å². The topological polar surface area (TPSA) is 102 Å². The van der Waals surface area contributed by atoms with Crippen molar-refractivity contribution in [3.05, 3.63) is 33.1 Å². The van der Waals surface area contributed by atoms with E-state index in [2.05, 4.69) is 4.98 Å². The van der Waals surface area contributed by atoms with Crippen LogP contribution in [0.25, 0.3) is 0 Å². The average Bonchev–Trinajstić information content (AvgIpc) is 2.15. The van der Waals surface area contributed by atoms with Gasteiger partial charge in [0.1, 0.15) is 16.9 Å². The maximum atomic E-state index is 11.4. The summed E-state index contributed by atoms with van der Waals surface area (Å²) in [5.74, 6) is -1.50. The minimum Gasteiger partial charge on any atom is -0.292 e. The fourth-order valence-electron chi connectivity index (χ4n) is 0.977. The third kappa shape index (κ3) is 2.74. The number of hydrogen-bond acceptors (Lipinski definition) is 5. The normalized spacial score (nSPS) is 9.62. The van der Waals surface area contributed by atoms with Gasteiger partial charge in [0.15, 0.2) is 0 Å². The van der Waals surface area contributed by atoms with E-state index in [0.29, 0.717) is 0 Å². The van der Waals surface area contributed by atoms with Crippen molar-refractivity contribution in [2.24, 2.45) is 0 Å². The first-order valence-electron chi connectivity index (χ1n) is 4.03. The first-order chi connectivity index (χ1) is 7.41. The fourth-order valence-corrected chi connectivity index (χ4v) is 1.14. The highest BCUT2D eigenvalue weighted by molar-refractivity contribution is 6.30. The number of nitrogens with one attached hydrogen (secondary N) is 1. The Labute approximate surface area is 94.6 Å². The van der Waals surface area contributed by atoms with Crippen LogP contribution in [0.1, 0.15) is 17.3 Å². The van der Waals surface area contributed by atoms with E-state index in [-0.39, 0.29) is 10.7 Å². The van der Waals surface area contributed by atoms with Gasteiger partial charge in [0.25, 0.3) is 11.6 Å². The summed E-state index contributed by atoms with van der Waals surface area (Å²) in [6, 6.07) is 1.03. The molecule has 1 aromatic heterocycles. The van der Waals surface area contributed by atoms with Crippen LogP contribution < -0.4 is 5.32 Å². The van der Waals surface area contributed by atoms with Gasteiger partial charge in [0.05, 0.1) is 4.92 Å². The Morgan fingerprint density at radius 1 is 1.56 bits per heavy atom. The molecule has 0 saturated heterocycles. The van der Waals surface area contributed by atoms with Gasteiger partial charge in [-0.1, -0.05) is 11.6 Å². The lowest BCUT2D eigenvalue weighted by atomic mass is 10.2. The highest BCUT2D eigenvalue weighted by atomic mass is 35.5. The van der Waals surface area contributed by atoms with Gasteiger partial charge >= 0.3 is 0 Å². The van der Waals surface area contributed by atoms with Gasteiger partial charge in [0.2, 0.25) is 5.91 Å². The lowest BCUT2D eigenvalue weighted by Crippen LogP contribution is -2.28. The van der Waals surface area contributed by atoms with E-state index in [9.17, 15) is 19.7 Å². The quantitative estimate of drug-likeness (QED) is 0.473. The molecule has 2 amide bonds. The number of nitrogens with zero attached hydrogens (tertiary/aromatic N) is 2. The summed E-state index contributed by atoms with van der Waals surface area (Å²) in [5, 5.41) is 12.4. The molecule has 1 aromatic rings. The average molecular weight is 244 g/mol. The molecule has 1 rings (SSSR count). The molecule has 1 heterocycles. The Balaban J connectivity index is 3.19. The molecule has 16 heavy (non-hydrogen) atoms. The minimum atomic E-state index is -0.886. The third-order valence-electron chi connectivity index (χ3n) is 1.58. The second kappa shape index (κ2) is 4.67. The summed E-state index contributed by atoms with van der Waals surface area (Å²) < 4.78 is 0. The molecule has 0 saturated carbocycles. The van der Waals surface area contributed by atoms with Crippen molar-refractivity contribution < 1.29 is 14.5 Å². The Morgan fingerprint density at radius 3 is 2.69 bits per heavy atom. The third-order valence-corrected chi connectivity index (χ3v) is 1.79. The Kier molecular flexibility index (Phi) is 3.51. The summed E-state index contributed by atoms with van der Waals surface area (Å²) in [7, 11) is 0. The molecule has 0 atom stereocenters. The van der Waals surface area contributed by atoms with Gasteiger partial charge in [-0.25, -0.2) is 4.98 Å². The number of halogens is 1. The molecule has 0 bridgehead atoms. The van der Waals surface area contributed by atoms with Crippen molar-refractivity contribution in [2.45, 2.75) is 6.92 Å². The molecule has 7 nitrogen and oxygen atoms in total. The SMILES string of the molecule is CC(=O)NC(=O)c1cc(Cl)ncc1[N+](=O)[O-]. The second-order valence-corrected chi connectivity index (χ2v) is 3.18. The van der Waals surface area contributed by atoms with E-state index < -0.39 is 22.4 Å². The molecule has 84 valence electrons. The number of amides is 2. The van der Waals surface area contributed by atoms with Crippen molar-refractivity contribution in [2.75, 3.05) is 0 Å². The monoisotopic (exact) mass is 243 g/mol. The smallest absolute Gasteiger partial charge is 0.292 e. The summed E-state index contributed by atoms with van der Waals surface area (Å²) in [4.78, 5) is 35.3. The maximum absolute atomic E-state index is 11.4. The number of carbonyl (C=O) groups is 2. The molecule has 0 unspecified atom stereocenters. The molecule has 0 aromatic carbocycles. The Morgan fingerprint density at radius 2 is 2.19 bits per heavy atom. The highest BCUT2D eigenvalue weighted by Crippen LogP contribution is 2.19. The van der Waals surface area contributed by atoms with E-state index in [4.69, 9.17) is 11.6 Å². The van der Waals surface area contributed by atoms with E-state index in [1.54, 1.807) is 0 Å². The predicted octanol–water partition coefficient (Wildman–Crippen LogP) is 0.920. The van der Waals surface area contributed by atoms with Gasteiger partial charge in [-0.05, 0) is 6.07 Å². The number of carbonyl (C=O) groups excluding carboxylic acids is 2. The van der Waals surface area contributed by atoms with Crippen LogP contribution in [0, 0.1) is 10.1 Å². The summed E-state index contributed by atoms with van der Waals surface area (Å²) in [6.45, 7) is 1.12. The number of pyridine rings is 1. The van der Waals surface area contributed by atoms with Gasteiger partial charge in [0, 0.05) is 6.92 Å². The van der Waals surface area contributed by atoms with Gasteiger partial charge in [-0.15, -0.1) is 0 Å². The zero-order valence-electron chi connectivity index (χ0n) is 8.06. The van der Waals surface area contributed by atoms with Crippen LogP contribution in [-0.4, -0.2) is 21.7 Å². The van der Waals surface area contributed by atoms with Crippen molar-refractivity contribution in [1.29, 1.82) is 0 Å². The van der Waals surface area contributed by atoms with Crippen LogP contribution in [0.5, 0.6) is 0 Å². The summed E-state index contributed by atoms with van der Waals surface area (Å²) >= 11 is 5.50. The molecular formula is C8H6ClN3O4. The van der Waals surface area contributed by atoms with Crippen LogP contribution in [0.2, 0.25) is 5.15 Å². The van der Waals surface area contributed by atoms with Crippen LogP contribution >= 0.6 is 11.6 Å². The minimum absolute atomic E-state index is 0.0701. The molecule has 0 spiro atoms. The van der Waals surface area contributed by atoms with Gasteiger partial charge < -0.3 is 0 Å². The van der Waals surface area contributed by atoms with Crippen molar-refractivity contribution in [1.82, 2.24) is 10.3 Å². The van der Waals surface area contributed by atoms with E-state index in [1.165, 1.54) is 0 Å². The summed E-state index contributed by atoms with van der Waals surface area (Å²) in [6.07, 6.45) is 0.859. The zero-order chi connectivity index (χ0) is 12.3. The number of imide groups is 1. The first kappa shape index (κ1) is 12.1. The Hall–Kier alpha value is -2.02. The number of aromatic nitrogens is 1. The largest absolute Gasteiger partial charge is 0.300 e. The van der Waals surface area contributed by atoms with Crippen LogP contribution in [-0.2, 0) is 4.79 Å². The van der Waals surface area contributed by atoms with Crippen LogP contribution in [0.3, 0.4) is 0 Å². The molecule has 0 radical (unpaired) electrons. The standard InChI is InChI=1S/C8H6ClN3O4/c1-4(13)11-8(14)5-2-7(9)10-3-6(5)12(15)16/h2-3H,1H3,(H,11,13,14). The second-order valence-electron chi connectivity index (χ2n) is 2.79. The van der Waals surface area contributed by atoms with Crippen LogP contribution in [0.4, 0.5) is 5.69 Å². The zero-order valence-corrected chi connectivity index (χ0v) is 8.82. The van der Waals surface area contributed by atoms with E-state index in [0.717, 1.165) is 19.2 Å². The molecular weight excluding hydrogens is 238 g/mol. The molecule has 0 aliphatic carbocycles. The molecule has 8 heteroatoms. The molecule has 0 fully saturated rings. The lowest BCUT2D eigenvalue weighted by Gasteiger charge is -2.02. The Bertz CT molecular complexity index is 474. The molecule has 0 aliphatic rings. The summed E-state index contributed by atoms with van der Waals surface area (Å²) in [5.41, 5.74) is -0.816. The van der Waals surface area contributed by atoms with Crippen LogP contribution in [0.15, 0.2) is 12.3 Å². The number of nitro groups is 1. The number of rotatable bonds is 2. The molecule has 1 N–H and O–H groups in total. The van der Waals surface area contributed by atoms with E-state index in [1.807, 2.05) is 5.32 Å². The lowest BCUT2D eigenvalue weighted by molar-refractivity contribution is -0.385. The predicted molar refractivity (Wildman–Crippen MR) is 54.0 cm³/mol. The maximum Gasteiger partial charge on any atom is 0.300 e. The highest BCUT2D eigenvalue weighted by Gasteiger charge is 2.21. The van der Waals surface area contributed by atoms with Crippen molar-refractivity contribution in [3.8, 4) is 0 Å². The van der Waals surface area contributed by atoms with E-state index >= 15 is 0 Å². The fraction of sp³-hybridized carbons (Fsp3) is 0.125. The van der Waals surface area contributed by atoms with Crippen molar-refractivity contribution in [3.63, 3.8) is 0 Å².